The number of carbonyl (C=O) groups excluding carboxylic acids is 2. The molecular weight excluding hydrogens is 272 g/mol. The van der Waals surface area contributed by atoms with Crippen molar-refractivity contribution in [2.45, 2.75) is 26.0 Å². The van der Waals surface area contributed by atoms with E-state index >= 15 is 0 Å². The lowest BCUT2D eigenvalue weighted by Crippen LogP contribution is -2.39. The Morgan fingerprint density at radius 3 is 2.65 bits per heavy atom. The minimum atomic E-state index is -2.92. The van der Waals surface area contributed by atoms with Gasteiger partial charge in [-0.15, -0.1) is 0 Å². The molecule has 0 spiro atoms. The van der Waals surface area contributed by atoms with Gasteiger partial charge in [0.15, 0.2) is 0 Å². The van der Waals surface area contributed by atoms with Gasteiger partial charge in [-0.25, -0.2) is 4.79 Å². The first-order valence-electron chi connectivity index (χ1n) is 5.83. The number of benzene rings is 1. The highest BCUT2D eigenvalue weighted by molar-refractivity contribution is 5.85. The van der Waals surface area contributed by atoms with E-state index in [9.17, 15) is 18.4 Å². The average Bonchev–Trinajstić information content (AvgIpc) is 2.37. The van der Waals surface area contributed by atoms with Gasteiger partial charge in [0.25, 0.3) is 0 Å². The molecule has 0 aliphatic carbocycles. The zero-order chi connectivity index (χ0) is 15.1. The van der Waals surface area contributed by atoms with E-state index in [4.69, 9.17) is 0 Å². The lowest BCUT2D eigenvalue weighted by Gasteiger charge is -2.12. The predicted molar refractivity (Wildman–Crippen MR) is 66.4 cm³/mol. The van der Waals surface area contributed by atoms with E-state index in [-0.39, 0.29) is 12.2 Å². The Labute approximate surface area is 114 Å². The molecule has 0 saturated carbocycles. The van der Waals surface area contributed by atoms with Crippen LogP contribution in [0.1, 0.15) is 12.5 Å². The molecule has 1 atom stereocenters. The second-order valence-electron chi connectivity index (χ2n) is 4.02. The number of hydrogen-bond donors (Lipinski definition) is 1. The van der Waals surface area contributed by atoms with Gasteiger partial charge < -0.3 is 14.8 Å². The van der Waals surface area contributed by atoms with E-state index in [1.54, 1.807) is 6.07 Å². The maximum Gasteiger partial charge on any atom is 0.387 e. The minimum Gasteiger partial charge on any atom is -0.467 e. The van der Waals surface area contributed by atoms with E-state index in [0.717, 1.165) is 0 Å². The topological polar surface area (TPSA) is 64.6 Å². The van der Waals surface area contributed by atoms with Crippen molar-refractivity contribution in [3.05, 3.63) is 29.8 Å². The first kappa shape index (κ1) is 15.9. The Kier molecular flexibility index (Phi) is 5.89. The molecule has 0 aliphatic rings. The van der Waals surface area contributed by atoms with Crippen LogP contribution in [0.5, 0.6) is 5.75 Å². The molecule has 0 bridgehead atoms. The Morgan fingerprint density at radius 1 is 1.35 bits per heavy atom. The van der Waals surface area contributed by atoms with Crippen molar-refractivity contribution in [3.8, 4) is 5.75 Å². The third-order valence-electron chi connectivity index (χ3n) is 2.42. The Morgan fingerprint density at radius 2 is 2.05 bits per heavy atom. The van der Waals surface area contributed by atoms with Crippen molar-refractivity contribution in [1.82, 2.24) is 5.32 Å². The number of rotatable bonds is 6. The summed E-state index contributed by atoms with van der Waals surface area (Å²) in [5.41, 5.74) is 0.498. The van der Waals surface area contributed by atoms with Crippen LogP contribution in [0.3, 0.4) is 0 Å². The van der Waals surface area contributed by atoms with Crippen LogP contribution >= 0.6 is 0 Å². The molecule has 0 saturated heterocycles. The smallest absolute Gasteiger partial charge is 0.387 e. The summed E-state index contributed by atoms with van der Waals surface area (Å²) in [5, 5.41) is 2.44. The third-order valence-corrected chi connectivity index (χ3v) is 2.42. The van der Waals surface area contributed by atoms with E-state index in [1.807, 2.05) is 0 Å². The van der Waals surface area contributed by atoms with Crippen LogP contribution in [-0.2, 0) is 20.7 Å². The fourth-order valence-electron chi connectivity index (χ4n) is 1.55. The van der Waals surface area contributed by atoms with Gasteiger partial charge in [0.05, 0.1) is 13.5 Å². The maximum atomic E-state index is 12.1. The number of halogens is 2. The Bertz CT molecular complexity index is 479. The number of amides is 1. The molecule has 1 N–H and O–H groups in total. The number of ether oxygens (including phenoxy) is 2. The summed E-state index contributed by atoms with van der Waals surface area (Å²) in [6.07, 6.45) is -0.0538. The molecule has 5 nitrogen and oxygen atoms in total. The van der Waals surface area contributed by atoms with Crippen molar-refractivity contribution in [1.29, 1.82) is 0 Å². The first-order chi connectivity index (χ1) is 9.42. The number of esters is 1. The molecule has 0 aromatic heterocycles. The Hall–Kier alpha value is -2.18. The lowest BCUT2D eigenvalue weighted by atomic mass is 10.1. The van der Waals surface area contributed by atoms with Crippen LogP contribution in [0.2, 0.25) is 0 Å². The van der Waals surface area contributed by atoms with Crippen LogP contribution < -0.4 is 10.1 Å². The molecule has 0 heterocycles. The monoisotopic (exact) mass is 287 g/mol. The van der Waals surface area contributed by atoms with Gasteiger partial charge in [-0.05, 0) is 24.6 Å². The van der Waals surface area contributed by atoms with Gasteiger partial charge in [0.1, 0.15) is 11.8 Å². The number of alkyl halides is 2. The van der Waals surface area contributed by atoms with Crippen LogP contribution in [0.25, 0.3) is 0 Å². The molecule has 1 amide bonds. The summed E-state index contributed by atoms with van der Waals surface area (Å²) < 4.78 is 32.8. The van der Waals surface area contributed by atoms with Gasteiger partial charge in [-0.2, -0.15) is 8.78 Å². The second kappa shape index (κ2) is 7.42. The number of methoxy groups -OCH3 is 1. The number of nitrogens with one attached hydrogen (secondary N) is 1. The minimum absolute atomic E-state index is 0.0219. The lowest BCUT2D eigenvalue weighted by molar-refractivity contribution is -0.144. The molecule has 1 aromatic carbocycles. The molecule has 0 fully saturated rings. The molecule has 0 radical (unpaired) electrons. The zero-order valence-corrected chi connectivity index (χ0v) is 11.1. The van der Waals surface area contributed by atoms with Crippen LogP contribution in [0.15, 0.2) is 24.3 Å². The molecule has 110 valence electrons. The predicted octanol–water partition coefficient (Wildman–Crippen LogP) is 1.51. The molecule has 20 heavy (non-hydrogen) atoms. The third kappa shape index (κ3) is 5.21. The van der Waals surface area contributed by atoms with E-state index < -0.39 is 24.5 Å². The van der Waals surface area contributed by atoms with E-state index in [2.05, 4.69) is 14.8 Å². The highest BCUT2D eigenvalue weighted by Crippen LogP contribution is 2.16. The second-order valence-corrected chi connectivity index (χ2v) is 4.02. The van der Waals surface area contributed by atoms with Crippen molar-refractivity contribution < 1.29 is 27.8 Å². The number of hydrogen-bond acceptors (Lipinski definition) is 4. The summed E-state index contributed by atoms with van der Waals surface area (Å²) in [7, 11) is 1.22. The van der Waals surface area contributed by atoms with Crippen LogP contribution in [0.4, 0.5) is 8.78 Å². The highest BCUT2D eigenvalue weighted by atomic mass is 19.3. The van der Waals surface area contributed by atoms with Gasteiger partial charge in [0.2, 0.25) is 5.91 Å². The quantitative estimate of drug-likeness (QED) is 0.805. The number of carbonyl (C=O) groups is 2. The normalized spacial score (nSPS) is 11.8. The molecule has 1 rings (SSSR count). The summed E-state index contributed by atoms with van der Waals surface area (Å²) in [6, 6.07) is 5.04. The largest absolute Gasteiger partial charge is 0.467 e. The highest BCUT2D eigenvalue weighted by Gasteiger charge is 2.16. The van der Waals surface area contributed by atoms with Crippen molar-refractivity contribution >= 4 is 11.9 Å². The summed E-state index contributed by atoms with van der Waals surface area (Å²) in [4.78, 5) is 22.8. The molecule has 7 heteroatoms. The standard InChI is InChI=1S/C13H15F2NO4/c1-8(12(18)19-2)16-11(17)7-9-4-3-5-10(6-9)20-13(14)15/h3-6,8,13H,7H2,1-2H3,(H,16,17)/t8-/m0/s1. The van der Waals surface area contributed by atoms with Crippen LogP contribution in [0, 0.1) is 0 Å². The average molecular weight is 287 g/mol. The van der Waals surface area contributed by atoms with Crippen molar-refractivity contribution in [2.75, 3.05) is 7.11 Å². The fourth-order valence-corrected chi connectivity index (χ4v) is 1.55. The van der Waals surface area contributed by atoms with Crippen molar-refractivity contribution in [2.24, 2.45) is 0 Å². The van der Waals surface area contributed by atoms with E-state index in [1.165, 1.54) is 32.2 Å². The van der Waals surface area contributed by atoms with Gasteiger partial charge in [0, 0.05) is 0 Å². The first-order valence-corrected chi connectivity index (χ1v) is 5.83. The van der Waals surface area contributed by atoms with Crippen LogP contribution in [-0.4, -0.2) is 31.6 Å². The summed E-state index contributed by atoms with van der Waals surface area (Å²) >= 11 is 0. The van der Waals surface area contributed by atoms with Gasteiger partial charge >= 0.3 is 12.6 Å². The van der Waals surface area contributed by atoms with Gasteiger partial charge in [-0.3, -0.25) is 4.79 Å². The molecule has 0 aliphatic heterocycles. The maximum absolute atomic E-state index is 12.1. The fraction of sp³-hybridized carbons (Fsp3) is 0.385. The van der Waals surface area contributed by atoms with Crippen molar-refractivity contribution in [3.63, 3.8) is 0 Å². The molecule has 0 unspecified atom stereocenters. The zero-order valence-electron chi connectivity index (χ0n) is 11.1. The Balaban J connectivity index is 2.59. The van der Waals surface area contributed by atoms with Gasteiger partial charge in [-0.1, -0.05) is 12.1 Å². The summed E-state index contributed by atoms with van der Waals surface area (Å²) in [6.45, 7) is -1.43. The summed E-state index contributed by atoms with van der Waals surface area (Å²) in [5.74, 6) is -1.00. The molecular formula is C13H15F2NO4. The SMILES string of the molecule is COC(=O)[C@H](C)NC(=O)Cc1cccc(OC(F)F)c1. The van der Waals surface area contributed by atoms with E-state index in [0.29, 0.717) is 5.56 Å². The molecule has 1 aromatic rings.